The second kappa shape index (κ2) is 6.92. The zero-order valence-corrected chi connectivity index (χ0v) is 11.9. The fourth-order valence-corrected chi connectivity index (χ4v) is 2.47. The maximum absolute atomic E-state index is 9.85. The fourth-order valence-electron chi connectivity index (χ4n) is 2.47. The van der Waals surface area contributed by atoms with Crippen molar-refractivity contribution in [2.45, 2.75) is 51.9 Å². The third-order valence-electron chi connectivity index (χ3n) is 3.54. The number of benzene rings is 1. The highest BCUT2D eigenvalue weighted by Crippen LogP contribution is 2.27. The van der Waals surface area contributed by atoms with Crippen LogP contribution in [0.25, 0.3) is 0 Å². The van der Waals surface area contributed by atoms with Crippen LogP contribution in [-0.4, -0.2) is 23.9 Å². The monoisotopic (exact) mass is 263 g/mol. The van der Waals surface area contributed by atoms with Crippen LogP contribution in [0.1, 0.15) is 38.7 Å². The van der Waals surface area contributed by atoms with Crippen LogP contribution in [0.5, 0.6) is 5.75 Å². The van der Waals surface area contributed by atoms with Gasteiger partial charge in [-0.15, -0.1) is 0 Å². The largest absolute Gasteiger partial charge is 0.487 e. The maximum atomic E-state index is 9.85. The number of rotatable bonds is 6. The van der Waals surface area contributed by atoms with Gasteiger partial charge >= 0.3 is 0 Å². The van der Waals surface area contributed by atoms with E-state index in [1.54, 1.807) is 0 Å². The molecule has 0 radical (unpaired) electrons. The molecule has 0 spiro atoms. The van der Waals surface area contributed by atoms with Gasteiger partial charge in [-0.3, -0.25) is 0 Å². The van der Waals surface area contributed by atoms with Crippen molar-refractivity contribution in [2.75, 3.05) is 6.54 Å². The van der Waals surface area contributed by atoms with E-state index in [4.69, 9.17) is 4.74 Å². The minimum atomic E-state index is -0.309. The maximum Gasteiger partial charge on any atom is 0.124 e. The molecule has 2 N–H and O–H groups in total. The molecule has 0 aromatic heterocycles. The van der Waals surface area contributed by atoms with E-state index in [1.165, 1.54) is 5.56 Å². The topological polar surface area (TPSA) is 41.5 Å². The smallest absolute Gasteiger partial charge is 0.124 e. The van der Waals surface area contributed by atoms with Crippen LogP contribution < -0.4 is 10.1 Å². The summed E-state index contributed by atoms with van der Waals surface area (Å²) >= 11 is 0. The lowest BCUT2D eigenvalue weighted by molar-refractivity contribution is 0.0597. The third-order valence-corrected chi connectivity index (χ3v) is 3.54. The van der Waals surface area contributed by atoms with Gasteiger partial charge in [0.05, 0.1) is 6.10 Å². The van der Waals surface area contributed by atoms with Gasteiger partial charge in [0.2, 0.25) is 0 Å². The first-order valence-corrected chi connectivity index (χ1v) is 7.30. The normalized spacial score (nSPS) is 22.9. The van der Waals surface area contributed by atoms with Crippen LogP contribution in [0.15, 0.2) is 24.3 Å². The Hall–Kier alpha value is -1.06. The fraction of sp³-hybridized carbons (Fsp3) is 0.625. The Labute approximate surface area is 116 Å². The molecule has 0 amide bonds. The molecule has 1 aliphatic carbocycles. The molecule has 1 saturated carbocycles. The molecule has 1 fully saturated rings. The van der Waals surface area contributed by atoms with E-state index in [-0.39, 0.29) is 12.2 Å². The summed E-state index contributed by atoms with van der Waals surface area (Å²) in [5.41, 5.74) is 1.17. The number of nitrogens with one attached hydrogen (secondary N) is 1. The first-order chi connectivity index (χ1) is 9.16. The van der Waals surface area contributed by atoms with Crippen LogP contribution >= 0.6 is 0 Å². The molecule has 3 heteroatoms. The number of aliphatic hydroxyl groups excluding tert-OH is 1. The molecular formula is C16H25NO2. The summed E-state index contributed by atoms with van der Waals surface area (Å²) in [7, 11) is 0. The Morgan fingerprint density at radius 2 is 2.11 bits per heavy atom. The van der Waals surface area contributed by atoms with Crippen LogP contribution in [0.2, 0.25) is 0 Å². The summed E-state index contributed by atoms with van der Waals surface area (Å²) in [6.45, 7) is 6.21. The Morgan fingerprint density at radius 3 is 2.79 bits per heavy atom. The molecule has 1 aromatic rings. The zero-order chi connectivity index (χ0) is 13.7. The molecule has 1 aromatic carbocycles. The summed E-state index contributed by atoms with van der Waals surface area (Å²) in [5, 5.41) is 13.3. The van der Waals surface area contributed by atoms with Crippen molar-refractivity contribution in [3.8, 4) is 5.75 Å². The lowest BCUT2D eigenvalue weighted by atomic mass is 10.1. The first-order valence-electron chi connectivity index (χ1n) is 7.30. The Balaban J connectivity index is 1.95. The lowest BCUT2D eigenvalue weighted by Gasteiger charge is -2.20. The number of para-hydroxylation sites is 1. The molecule has 2 rings (SSSR count). The Morgan fingerprint density at radius 1 is 1.32 bits per heavy atom. The molecule has 2 atom stereocenters. The number of hydrogen-bond donors (Lipinski definition) is 2. The summed E-state index contributed by atoms with van der Waals surface area (Å²) < 4.78 is 5.99. The molecule has 106 valence electrons. The van der Waals surface area contributed by atoms with Crippen molar-refractivity contribution in [3.05, 3.63) is 29.8 Å². The van der Waals surface area contributed by atoms with Gasteiger partial charge in [-0.25, -0.2) is 0 Å². The predicted octanol–water partition coefficient (Wildman–Crippen LogP) is 2.72. The second-order valence-corrected chi connectivity index (χ2v) is 5.79. The van der Waals surface area contributed by atoms with Crippen molar-refractivity contribution in [2.24, 2.45) is 5.92 Å². The van der Waals surface area contributed by atoms with Crippen LogP contribution in [0.4, 0.5) is 0 Å². The van der Waals surface area contributed by atoms with Gasteiger partial charge < -0.3 is 15.2 Å². The average molecular weight is 263 g/mol. The highest BCUT2D eigenvalue weighted by atomic mass is 16.5. The number of ether oxygens (including phenoxy) is 1. The molecule has 0 saturated heterocycles. The standard InChI is InChI=1S/C16H25NO2/c1-12(2)10-17-11-13-6-3-4-8-15(13)19-16-9-5-7-14(16)18/h3-4,6,8,12,14,16-18H,5,7,9-11H2,1-2H3. The molecular weight excluding hydrogens is 238 g/mol. The van der Waals surface area contributed by atoms with Gasteiger partial charge in [-0.2, -0.15) is 0 Å². The predicted molar refractivity (Wildman–Crippen MR) is 77.3 cm³/mol. The summed E-state index contributed by atoms with van der Waals surface area (Å²) in [4.78, 5) is 0. The lowest BCUT2D eigenvalue weighted by Crippen LogP contribution is -2.26. The first kappa shape index (κ1) is 14.4. The van der Waals surface area contributed by atoms with Gasteiger partial charge in [0, 0.05) is 12.1 Å². The summed E-state index contributed by atoms with van der Waals surface area (Å²) in [6.07, 6.45) is 2.52. The molecule has 2 unspecified atom stereocenters. The SMILES string of the molecule is CC(C)CNCc1ccccc1OC1CCCC1O. The van der Waals surface area contributed by atoms with Crippen molar-refractivity contribution < 1.29 is 9.84 Å². The van der Waals surface area contributed by atoms with E-state index in [0.717, 1.165) is 38.1 Å². The molecule has 0 aliphatic heterocycles. The van der Waals surface area contributed by atoms with Gasteiger partial charge in [-0.1, -0.05) is 32.0 Å². The van der Waals surface area contributed by atoms with Crippen molar-refractivity contribution in [1.82, 2.24) is 5.32 Å². The molecule has 0 heterocycles. The molecule has 3 nitrogen and oxygen atoms in total. The van der Waals surface area contributed by atoms with E-state index >= 15 is 0 Å². The number of aliphatic hydroxyl groups is 1. The van der Waals surface area contributed by atoms with E-state index in [1.807, 2.05) is 18.2 Å². The van der Waals surface area contributed by atoms with Gasteiger partial charge in [0.15, 0.2) is 0 Å². The number of hydrogen-bond acceptors (Lipinski definition) is 3. The van der Waals surface area contributed by atoms with E-state index < -0.39 is 0 Å². The van der Waals surface area contributed by atoms with Gasteiger partial charge in [0.25, 0.3) is 0 Å². The van der Waals surface area contributed by atoms with Crippen LogP contribution in [-0.2, 0) is 6.54 Å². The van der Waals surface area contributed by atoms with E-state index in [0.29, 0.717) is 5.92 Å². The van der Waals surface area contributed by atoms with Gasteiger partial charge in [-0.05, 0) is 37.8 Å². The summed E-state index contributed by atoms with van der Waals surface area (Å²) in [6, 6.07) is 8.11. The van der Waals surface area contributed by atoms with Crippen LogP contribution in [0, 0.1) is 5.92 Å². The van der Waals surface area contributed by atoms with Crippen molar-refractivity contribution >= 4 is 0 Å². The second-order valence-electron chi connectivity index (χ2n) is 5.79. The van der Waals surface area contributed by atoms with Crippen LogP contribution in [0.3, 0.4) is 0 Å². The highest BCUT2D eigenvalue weighted by molar-refractivity contribution is 5.33. The van der Waals surface area contributed by atoms with Gasteiger partial charge in [0.1, 0.15) is 11.9 Å². The van der Waals surface area contributed by atoms with E-state index in [2.05, 4.69) is 25.2 Å². The summed E-state index contributed by atoms with van der Waals surface area (Å²) in [5.74, 6) is 1.55. The third kappa shape index (κ3) is 4.22. The van der Waals surface area contributed by atoms with E-state index in [9.17, 15) is 5.11 Å². The van der Waals surface area contributed by atoms with Crippen molar-refractivity contribution in [1.29, 1.82) is 0 Å². The Bertz CT molecular complexity index is 392. The average Bonchev–Trinajstić information content (AvgIpc) is 2.77. The minimum Gasteiger partial charge on any atom is -0.487 e. The van der Waals surface area contributed by atoms with Crippen molar-refractivity contribution in [3.63, 3.8) is 0 Å². The Kier molecular flexibility index (Phi) is 5.23. The zero-order valence-electron chi connectivity index (χ0n) is 11.9. The molecule has 19 heavy (non-hydrogen) atoms. The molecule has 1 aliphatic rings. The minimum absolute atomic E-state index is 0.0359. The highest BCUT2D eigenvalue weighted by Gasteiger charge is 2.27. The molecule has 0 bridgehead atoms. The quantitative estimate of drug-likeness (QED) is 0.829.